The molecule has 1 nitrogen and oxygen atoms in total. The Kier molecular flexibility index (Phi) is 1.98. The Hall–Kier alpha value is -1.05. The van der Waals surface area contributed by atoms with Crippen LogP contribution in [0.25, 0.3) is 0 Å². The van der Waals surface area contributed by atoms with E-state index in [2.05, 4.69) is 6.92 Å². The lowest BCUT2D eigenvalue weighted by Gasteiger charge is -2.28. The molecule has 0 bridgehead atoms. The third-order valence-electron chi connectivity index (χ3n) is 2.52. The lowest BCUT2D eigenvalue weighted by atomic mass is 9.92. The molecule has 13 heavy (non-hydrogen) atoms. The van der Waals surface area contributed by atoms with E-state index in [0.29, 0.717) is 5.92 Å². The van der Waals surface area contributed by atoms with Gasteiger partial charge in [-0.3, -0.25) is 0 Å². The zero-order chi connectivity index (χ0) is 9.42. The topological polar surface area (TPSA) is 9.23 Å². The number of hydrogen-bond acceptors (Lipinski definition) is 1. The zero-order valence-corrected chi connectivity index (χ0v) is 7.88. The molecule has 1 aliphatic heterocycles. The van der Waals surface area contributed by atoms with Gasteiger partial charge in [-0.25, -0.2) is 4.39 Å². The summed E-state index contributed by atoms with van der Waals surface area (Å²) in [6, 6.07) is 4.74. The summed E-state index contributed by atoms with van der Waals surface area (Å²) in [6.07, 6.45) is 1.21. The number of halogens is 1. The highest BCUT2D eigenvalue weighted by Gasteiger charge is 2.22. The van der Waals surface area contributed by atoms with Gasteiger partial charge >= 0.3 is 0 Å². The summed E-state index contributed by atoms with van der Waals surface area (Å²) in [6.45, 7) is 4.15. The lowest BCUT2D eigenvalue weighted by Crippen LogP contribution is -2.21. The van der Waals surface area contributed by atoms with E-state index in [9.17, 15) is 4.39 Å². The van der Waals surface area contributed by atoms with Gasteiger partial charge in [0.05, 0.1) is 6.10 Å². The summed E-state index contributed by atoms with van der Waals surface area (Å²) in [5, 5.41) is 0. The minimum Gasteiger partial charge on any atom is -0.490 e. The van der Waals surface area contributed by atoms with Gasteiger partial charge in [0.15, 0.2) is 0 Å². The predicted molar refractivity (Wildman–Crippen MR) is 49.5 cm³/mol. The van der Waals surface area contributed by atoms with Crippen LogP contribution in [0.2, 0.25) is 0 Å². The molecule has 2 rings (SSSR count). The third kappa shape index (κ3) is 1.53. The van der Waals surface area contributed by atoms with Crippen LogP contribution in [0.3, 0.4) is 0 Å². The Morgan fingerprint density at radius 3 is 2.92 bits per heavy atom. The molecule has 0 saturated heterocycles. The molecule has 0 spiro atoms. The van der Waals surface area contributed by atoms with E-state index in [1.54, 1.807) is 12.1 Å². The highest BCUT2D eigenvalue weighted by atomic mass is 19.1. The van der Waals surface area contributed by atoms with Crippen molar-refractivity contribution in [2.45, 2.75) is 32.3 Å². The van der Waals surface area contributed by atoms with Crippen molar-refractivity contribution < 1.29 is 9.13 Å². The molecule has 0 aliphatic carbocycles. The number of rotatable bonds is 0. The fourth-order valence-electron chi connectivity index (χ4n) is 1.90. The second-order valence-corrected chi connectivity index (χ2v) is 3.75. The number of ether oxygens (including phenoxy) is 1. The third-order valence-corrected chi connectivity index (χ3v) is 2.52. The van der Waals surface area contributed by atoms with E-state index in [-0.39, 0.29) is 11.9 Å². The van der Waals surface area contributed by atoms with Crippen LogP contribution in [-0.2, 0) is 0 Å². The smallest absolute Gasteiger partial charge is 0.123 e. The second kappa shape index (κ2) is 3.02. The fraction of sp³-hybridized carbons (Fsp3) is 0.455. The Morgan fingerprint density at radius 1 is 1.38 bits per heavy atom. The molecule has 1 aromatic rings. The maximum absolute atomic E-state index is 12.9. The maximum atomic E-state index is 12.9. The van der Waals surface area contributed by atoms with Crippen LogP contribution in [0.15, 0.2) is 18.2 Å². The molecule has 0 amide bonds. The van der Waals surface area contributed by atoms with Gasteiger partial charge in [-0.15, -0.1) is 0 Å². The van der Waals surface area contributed by atoms with Crippen molar-refractivity contribution in [3.8, 4) is 5.75 Å². The molecule has 2 heteroatoms. The van der Waals surface area contributed by atoms with E-state index in [4.69, 9.17) is 4.74 Å². The van der Waals surface area contributed by atoms with Gasteiger partial charge in [-0.05, 0) is 43.0 Å². The molecule has 2 atom stereocenters. The molecule has 1 aliphatic rings. The van der Waals surface area contributed by atoms with Crippen LogP contribution in [0.4, 0.5) is 4.39 Å². The van der Waals surface area contributed by atoms with E-state index in [0.717, 1.165) is 17.7 Å². The molecule has 1 heterocycles. The molecule has 0 N–H and O–H groups in total. The second-order valence-electron chi connectivity index (χ2n) is 3.75. The molecular weight excluding hydrogens is 167 g/mol. The molecule has 2 unspecified atom stereocenters. The van der Waals surface area contributed by atoms with E-state index < -0.39 is 0 Å². The van der Waals surface area contributed by atoms with Crippen molar-refractivity contribution >= 4 is 0 Å². The largest absolute Gasteiger partial charge is 0.490 e. The first-order chi connectivity index (χ1) is 6.16. The fourth-order valence-corrected chi connectivity index (χ4v) is 1.90. The average Bonchev–Trinajstić information content (AvgIpc) is 2.06. The quantitative estimate of drug-likeness (QED) is 0.596. The number of fused-ring (bicyclic) bond motifs is 1. The van der Waals surface area contributed by atoms with Crippen molar-refractivity contribution in [3.05, 3.63) is 29.6 Å². The Balaban J connectivity index is 2.43. The average molecular weight is 180 g/mol. The van der Waals surface area contributed by atoms with Gasteiger partial charge in [-0.1, -0.05) is 6.92 Å². The molecule has 0 saturated carbocycles. The summed E-state index contributed by atoms with van der Waals surface area (Å²) < 4.78 is 18.5. The molecule has 0 fully saturated rings. The van der Waals surface area contributed by atoms with Crippen LogP contribution in [0.5, 0.6) is 5.75 Å². The molecule has 0 aromatic heterocycles. The predicted octanol–water partition coefficient (Wildman–Crippen LogP) is 3.10. The summed E-state index contributed by atoms with van der Waals surface area (Å²) >= 11 is 0. The first-order valence-electron chi connectivity index (χ1n) is 4.63. The van der Waals surface area contributed by atoms with Crippen LogP contribution >= 0.6 is 0 Å². The van der Waals surface area contributed by atoms with Crippen LogP contribution < -0.4 is 4.74 Å². The van der Waals surface area contributed by atoms with Crippen molar-refractivity contribution in [1.82, 2.24) is 0 Å². The Morgan fingerprint density at radius 2 is 2.15 bits per heavy atom. The van der Waals surface area contributed by atoms with E-state index >= 15 is 0 Å². The normalized spacial score (nSPS) is 26.4. The highest BCUT2D eigenvalue weighted by Crippen LogP contribution is 2.35. The van der Waals surface area contributed by atoms with Gasteiger partial charge < -0.3 is 4.74 Å². The van der Waals surface area contributed by atoms with Gasteiger partial charge in [0, 0.05) is 0 Å². The Labute approximate surface area is 77.5 Å². The molecule has 0 radical (unpaired) electrons. The molecular formula is C11H13FO. The first-order valence-corrected chi connectivity index (χ1v) is 4.63. The highest BCUT2D eigenvalue weighted by molar-refractivity contribution is 5.38. The minimum atomic E-state index is -0.177. The Bertz CT molecular complexity index is 322. The van der Waals surface area contributed by atoms with Crippen molar-refractivity contribution in [1.29, 1.82) is 0 Å². The van der Waals surface area contributed by atoms with Gasteiger partial charge in [0.25, 0.3) is 0 Å². The zero-order valence-electron chi connectivity index (χ0n) is 7.88. The van der Waals surface area contributed by atoms with E-state index in [1.165, 1.54) is 6.07 Å². The minimum absolute atomic E-state index is 0.177. The van der Waals surface area contributed by atoms with Gasteiger partial charge in [0.1, 0.15) is 11.6 Å². The van der Waals surface area contributed by atoms with Crippen LogP contribution in [0, 0.1) is 5.82 Å². The summed E-state index contributed by atoms with van der Waals surface area (Å²) in [5.74, 6) is 1.06. The number of benzene rings is 1. The van der Waals surface area contributed by atoms with Crippen LogP contribution in [0.1, 0.15) is 31.7 Å². The summed E-state index contributed by atoms with van der Waals surface area (Å²) in [5.41, 5.74) is 0.998. The summed E-state index contributed by atoms with van der Waals surface area (Å²) in [7, 11) is 0. The monoisotopic (exact) mass is 180 g/mol. The van der Waals surface area contributed by atoms with Crippen molar-refractivity contribution in [3.63, 3.8) is 0 Å². The summed E-state index contributed by atoms with van der Waals surface area (Å²) in [4.78, 5) is 0. The lowest BCUT2D eigenvalue weighted by molar-refractivity contribution is 0.179. The maximum Gasteiger partial charge on any atom is 0.123 e. The van der Waals surface area contributed by atoms with Gasteiger partial charge in [-0.2, -0.15) is 0 Å². The standard InChI is InChI=1S/C11H13FO/c1-7-5-8(2)13-11-4-3-9(12)6-10(7)11/h3-4,6-8H,5H2,1-2H3. The van der Waals surface area contributed by atoms with Crippen molar-refractivity contribution in [2.24, 2.45) is 0 Å². The number of hydrogen-bond donors (Lipinski definition) is 0. The SMILES string of the molecule is CC1CC(C)c2cc(F)ccc2O1. The van der Waals surface area contributed by atoms with Gasteiger partial charge in [0.2, 0.25) is 0 Å². The van der Waals surface area contributed by atoms with E-state index in [1.807, 2.05) is 6.92 Å². The first kappa shape index (κ1) is 8.54. The molecule has 1 aromatic carbocycles. The van der Waals surface area contributed by atoms with Crippen molar-refractivity contribution in [2.75, 3.05) is 0 Å². The molecule has 70 valence electrons. The van der Waals surface area contributed by atoms with Crippen LogP contribution in [-0.4, -0.2) is 6.10 Å².